The van der Waals surface area contributed by atoms with Crippen molar-refractivity contribution in [3.63, 3.8) is 0 Å². The fourth-order valence-corrected chi connectivity index (χ4v) is 1.64. The molecule has 0 spiro atoms. The first kappa shape index (κ1) is 8.93. The number of hydrogen-bond acceptors (Lipinski definition) is 4. The quantitative estimate of drug-likeness (QED) is 0.388. The van der Waals surface area contributed by atoms with Gasteiger partial charge in [-0.15, -0.1) is 0 Å². The van der Waals surface area contributed by atoms with Gasteiger partial charge in [-0.2, -0.15) is 0 Å². The van der Waals surface area contributed by atoms with E-state index in [1.165, 1.54) is 0 Å². The molecule has 0 amide bonds. The molecule has 66 valence electrons. The molecule has 11 heavy (non-hydrogen) atoms. The molecule has 0 unspecified atom stereocenters. The summed E-state index contributed by atoms with van der Waals surface area (Å²) in [6.07, 6.45) is -0.930. The third-order valence-corrected chi connectivity index (χ3v) is 2.46. The molecule has 4 nitrogen and oxygen atoms in total. The molecule has 1 aliphatic carbocycles. The summed E-state index contributed by atoms with van der Waals surface area (Å²) >= 11 is 0. The molecule has 0 heterocycles. The molecule has 0 bridgehead atoms. The lowest BCUT2D eigenvalue weighted by Gasteiger charge is -2.14. The maximum Gasteiger partial charge on any atom is 0.0852 e. The minimum absolute atomic E-state index is 0.0536. The van der Waals surface area contributed by atoms with Crippen LogP contribution in [0.15, 0.2) is 0 Å². The molecule has 5 N–H and O–H groups in total. The van der Waals surface area contributed by atoms with E-state index in [9.17, 15) is 10.2 Å². The molecule has 4 heteroatoms. The Morgan fingerprint density at radius 3 is 2.00 bits per heavy atom. The highest BCUT2D eigenvalue weighted by Crippen LogP contribution is 2.30. The smallest absolute Gasteiger partial charge is 0.0852 e. The maximum absolute atomic E-state index is 9.32. The van der Waals surface area contributed by atoms with E-state index in [4.69, 9.17) is 10.8 Å². The highest BCUT2D eigenvalue weighted by molar-refractivity contribution is 4.90. The lowest BCUT2D eigenvalue weighted by atomic mass is 10.1. The lowest BCUT2D eigenvalue weighted by molar-refractivity contribution is -0.00476. The monoisotopic (exact) mass is 161 g/mol. The molecule has 0 aromatic heterocycles. The second-order valence-corrected chi connectivity index (χ2v) is 3.16. The Kier molecular flexibility index (Phi) is 2.84. The van der Waals surface area contributed by atoms with E-state index < -0.39 is 12.2 Å². The van der Waals surface area contributed by atoms with Crippen LogP contribution < -0.4 is 5.73 Å². The average molecular weight is 161 g/mol. The molecule has 1 aliphatic rings. The summed E-state index contributed by atoms with van der Waals surface area (Å²) in [5, 5.41) is 27.4. The SMILES string of the molecule is NC[C@H]1C[C@H](CO)[C@H](O)[C@@H]1O. The Hall–Kier alpha value is -0.160. The number of aliphatic hydroxyl groups is 3. The van der Waals surface area contributed by atoms with Gasteiger partial charge in [-0.05, 0) is 13.0 Å². The van der Waals surface area contributed by atoms with Gasteiger partial charge in [0, 0.05) is 18.4 Å². The Bertz CT molecular complexity index is 113. The zero-order valence-corrected chi connectivity index (χ0v) is 6.35. The summed E-state index contributed by atoms with van der Waals surface area (Å²) in [6, 6.07) is 0. The van der Waals surface area contributed by atoms with Crippen LogP contribution in [0, 0.1) is 11.8 Å². The van der Waals surface area contributed by atoms with Crippen LogP contribution in [-0.2, 0) is 0 Å². The third-order valence-electron chi connectivity index (χ3n) is 2.46. The van der Waals surface area contributed by atoms with Gasteiger partial charge in [0.1, 0.15) is 0 Å². The fourth-order valence-electron chi connectivity index (χ4n) is 1.64. The molecule has 0 aliphatic heterocycles. The van der Waals surface area contributed by atoms with E-state index in [0.29, 0.717) is 13.0 Å². The summed E-state index contributed by atoms with van der Waals surface area (Å²) in [4.78, 5) is 0. The minimum Gasteiger partial charge on any atom is -0.396 e. The molecule has 0 aromatic rings. The topological polar surface area (TPSA) is 86.7 Å². The number of hydrogen-bond donors (Lipinski definition) is 4. The Morgan fingerprint density at radius 1 is 1.18 bits per heavy atom. The average Bonchev–Trinajstić information content (AvgIpc) is 2.30. The normalized spacial score (nSPS) is 44.7. The van der Waals surface area contributed by atoms with E-state index in [-0.39, 0.29) is 18.4 Å². The predicted molar refractivity (Wildman–Crippen MR) is 39.8 cm³/mol. The van der Waals surface area contributed by atoms with E-state index in [1.54, 1.807) is 0 Å². The Morgan fingerprint density at radius 2 is 1.73 bits per heavy atom. The van der Waals surface area contributed by atoms with Gasteiger partial charge in [-0.3, -0.25) is 0 Å². The zero-order valence-electron chi connectivity index (χ0n) is 6.35. The van der Waals surface area contributed by atoms with Gasteiger partial charge in [0.15, 0.2) is 0 Å². The fraction of sp³-hybridized carbons (Fsp3) is 1.00. The largest absolute Gasteiger partial charge is 0.396 e. The minimum atomic E-state index is -0.798. The van der Waals surface area contributed by atoms with Crippen molar-refractivity contribution in [2.75, 3.05) is 13.2 Å². The molecular formula is C7H15NO3. The summed E-state index contributed by atoms with van der Waals surface area (Å²) in [5.74, 6) is -0.249. The molecule has 1 fully saturated rings. The highest BCUT2D eigenvalue weighted by atomic mass is 16.3. The number of rotatable bonds is 2. The van der Waals surface area contributed by atoms with Gasteiger partial charge in [0.2, 0.25) is 0 Å². The van der Waals surface area contributed by atoms with Crippen molar-refractivity contribution in [3.05, 3.63) is 0 Å². The molecular weight excluding hydrogens is 146 g/mol. The lowest BCUT2D eigenvalue weighted by Crippen LogP contribution is -2.31. The van der Waals surface area contributed by atoms with Crippen molar-refractivity contribution in [1.29, 1.82) is 0 Å². The molecule has 4 atom stereocenters. The summed E-state index contributed by atoms with van der Waals surface area (Å²) in [7, 11) is 0. The van der Waals surface area contributed by atoms with Crippen LogP contribution in [0.1, 0.15) is 6.42 Å². The standard InChI is InChI=1S/C7H15NO3/c8-2-4-1-5(3-9)7(11)6(4)10/h4-7,9-11H,1-3,8H2/t4-,5-,6-,7+/m1/s1. The molecule has 0 saturated heterocycles. The van der Waals surface area contributed by atoms with Gasteiger partial charge in [0.05, 0.1) is 12.2 Å². The Balaban J connectivity index is 2.53. The third kappa shape index (κ3) is 1.54. The summed E-state index contributed by atoms with van der Waals surface area (Å²) in [5.41, 5.74) is 5.35. The van der Waals surface area contributed by atoms with Gasteiger partial charge in [-0.1, -0.05) is 0 Å². The molecule has 0 aromatic carbocycles. The zero-order chi connectivity index (χ0) is 8.43. The second kappa shape index (κ2) is 3.49. The van der Waals surface area contributed by atoms with Crippen molar-refractivity contribution in [3.8, 4) is 0 Å². The highest BCUT2D eigenvalue weighted by Gasteiger charge is 2.39. The van der Waals surface area contributed by atoms with Crippen LogP contribution in [-0.4, -0.2) is 40.7 Å². The maximum atomic E-state index is 9.32. The molecule has 0 radical (unpaired) electrons. The molecule has 1 rings (SSSR count). The van der Waals surface area contributed by atoms with Crippen molar-refractivity contribution in [2.45, 2.75) is 18.6 Å². The number of aliphatic hydroxyl groups excluding tert-OH is 3. The predicted octanol–water partition coefficient (Wildman–Crippen LogP) is -1.70. The van der Waals surface area contributed by atoms with Gasteiger partial charge in [0.25, 0.3) is 0 Å². The number of nitrogens with two attached hydrogens (primary N) is 1. The van der Waals surface area contributed by atoms with E-state index in [1.807, 2.05) is 0 Å². The van der Waals surface area contributed by atoms with Crippen LogP contribution in [0.4, 0.5) is 0 Å². The van der Waals surface area contributed by atoms with Crippen LogP contribution in [0.3, 0.4) is 0 Å². The Labute approximate surface area is 65.6 Å². The van der Waals surface area contributed by atoms with Crippen LogP contribution in [0.2, 0.25) is 0 Å². The first-order valence-corrected chi connectivity index (χ1v) is 3.87. The van der Waals surface area contributed by atoms with Crippen molar-refractivity contribution >= 4 is 0 Å². The van der Waals surface area contributed by atoms with Gasteiger partial charge in [-0.25, -0.2) is 0 Å². The van der Waals surface area contributed by atoms with Crippen LogP contribution in [0.5, 0.6) is 0 Å². The van der Waals surface area contributed by atoms with E-state index in [2.05, 4.69) is 0 Å². The van der Waals surface area contributed by atoms with E-state index in [0.717, 1.165) is 0 Å². The van der Waals surface area contributed by atoms with Crippen LogP contribution >= 0.6 is 0 Å². The van der Waals surface area contributed by atoms with Crippen molar-refractivity contribution in [1.82, 2.24) is 0 Å². The van der Waals surface area contributed by atoms with Gasteiger partial charge < -0.3 is 21.1 Å². The first-order valence-electron chi connectivity index (χ1n) is 3.87. The van der Waals surface area contributed by atoms with Gasteiger partial charge >= 0.3 is 0 Å². The van der Waals surface area contributed by atoms with Crippen molar-refractivity contribution < 1.29 is 15.3 Å². The summed E-state index contributed by atoms with van der Waals surface area (Å²) < 4.78 is 0. The second-order valence-electron chi connectivity index (χ2n) is 3.16. The van der Waals surface area contributed by atoms with E-state index >= 15 is 0 Å². The van der Waals surface area contributed by atoms with Crippen molar-refractivity contribution in [2.24, 2.45) is 17.6 Å². The first-order chi connectivity index (χ1) is 5.20. The summed E-state index contributed by atoms with van der Waals surface area (Å²) in [6.45, 7) is 0.295. The molecule has 1 saturated carbocycles. The van der Waals surface area contributed by atoms with Crippen LogP contribution in [0.25, 0.3) is 0 Å².